The van der Waals surface area contributed by atoms with Gasteiger partial charge in [0.15, 0.2) is 0 Å². The molecule has 1 saturated heterocycles. The van der Waals surface area contributed by atoms with Crippen molar-refractivity contribution in [2.75, 3.05) is 38.6 Å². The molecular formula is C17H28ClN3. The van der Waals surface area contributed by atoms with E-state index in [9.17, 15) is 0 Å². The summed E-state index contributed by atoms with van der Waals surface area (Å²) in [7, 11) is 4.33. The van der Waals surface area contributed by atoms with E-state index in [1.807, 2.05) is 0 Å². The quantitative estimate of drug-likeness (QED) is 0.877. The van der Waals surface area contributed by atoms with E-state index in [1.165, 1.54) is 25.1 Å². The fourth-order valence-corrected chi connectivity index (χ4v) is 3.44. The van der Waals surface area contributed by atoms with Gasteiger partial charge in [-0.2, -0.15) is 0 Å². The van der Waals surface area contributed by atoms with Crippen LogP contribution in [0.2, 0.25) is 5.02 Å². The molecule has 2 atom stereocenters. The first-order valence-corrected chi connectivity index (χ1v) is 8.31. The van der Waals surface area contributed by atoms with Gasteiger partial charge in [-0.15, -0.1) is 0 Å². The fraction of sp³-hybridized carbons (Fsp3) is 0.647. The van der Waals surface area contributed by atoms with Crippen molar-refractivity contribution in [3.05, 3.63) is 28.8 Å². The van der Waals surface area contributed by atoms with Gasteiger partial charge >= 0.3 is 0 Å². The molecule has 0 saturated carbocycles. The van der Waals surface area contributed by atoms with Gasteiger partial charge in [-0.25, -0.2) is 0 Å². The highest BCUT2D eigenvalue weighted by molar-refractivity contribution is 6.33. The smallest absolute Gasteiger partial charge is 0.0642 e. The number of nitrogens with zero attached hydrogens (tertiary/aromatic N) is 2. The van der Waals surface area contributed by atoms with Crippen LogP contribution in [0, 0.1) is 5.92 Å². The van der Waals surface area contributed by atoms with E-state index in [0.29, 0.717) is 0 Å². The van der Waals surface area contributed by atoms with Crippen molar-refractivity contribution in [1.29, 1.82) is 0 Å². The second kappa shape index (κ2) is 7.48. The first-order valence-electron chi connectivity index (χ1n) is 7.93. The van der Waals surface area contributed by atoms with Crippen LogP contribution in [-0.2, 0) is 6.42 Å². The van der Waals surface area contributed by atoms with Crippen LogP contribution in [0.4, 0.5) is 5.69 Å². The normalized spacial score (nSPS) is 20.7. The van der Waals surface area contributed by atoms with Crippen LogP contribution in [0.15, 0.2) is 18.2 Å². The molecule has 2 unspecified atom stereocenters. The summed E-state index contributed by atoms with van der Waals surface area (Å²) in [6.07, 6.45) is 3.17. The summed E-state index contributed by atoms with van der Waals surface area (Å²) in [5, 5.41) is 0.838. The van der Waals surface area contributed by atoms with E-state index < -0.39 is 0 Å². The average molecular weight is 310 g/mol. The van der Waals surface area contributed by atoms with Crippen LogP contribution in [0.5, 0.6) is 0 Å². The highest BCUT2D eigenvalue weighted by Crippen LogP contribution is 2.28. The van der Waals surface area contributed by atoms with E-state index >= 15 is 0 Å². The first-order chi connectivity index (χ1) is 9.99. The minimum atomic E-state index is 0.221. The van der Waals surface area contributed by atoms with Crippen LogP contribution in [0.1, 0.15) is 25.3 Å². The molecule has 1 aromatic rings. The number of nitrogens with two attached hydrogens (primary N) is 1. The summed E-state index contributed by atoms with van der Waals surface area (Å²) in [6, 6.07) is 6.59. The molecule has 4 heteroatoms. The average Bonchev–Trinajstić information content (AvgIpc) is 2.83. The Hall–Kier alpha value is -0.770. The molecule has 1 fully saturated rings. The Labute approximate surface area is 134 Å². The Balaban J connectivity index is 1.99. The van der Waals surface area contributed by atoms with Gasteiger partial charge in [0.05, 0.1) is 10.7 Å². The molecule has 3 nitrogen and oxygen atoms in total. The number of anilines is 1. The van der Waals surface area contributed by atoms with Crippen LogP contribution < -0.4 is 10.6 Å². The lowest BCUT2D eigenvalue weighted by atomic mass is 10.0. The van der Waals surface area contributed by atoms with Crippen LogP contribution in [0.25, 0.3) is 0 Å². The lowest BCUT2D eigenvalue weighted by Crippen LogP contribution is -2.27. The van der Waals surface area contributed by atoms with Gasteiger partial charge in [0.2, 0.25) is 0 Å². The standard InChI is InChI=1S/C17H28ClN3/c1-4-15(19)9-13-5-6-17(16(18)10-13)21(3)12-14-7-8-20(2)11-14/h5-6,10,14-15H,4,7-9,11-12,19H2,1-3H3. The molecule has 1 aliphatic rings. The Morgan fingerprint density at radius 2 is 2.24 bits per heavy atom. The van der Waals surface area contributed by atoms with Crippen molar-refractivity contribution in [2.45, 2.75) is 32.2 Å². The van der Waals surface area contributed by atoms with Gasteiger partial charge in [0.25, 0.3) is 0 Å². The molecule has 2 rings (SSSR count). The number of halogens is 1. The molecule has 0 spiro atoms. The third-order valence-electron chi connectivity index (χ3n) is 4.47. The zero-order valence-corrected chi connectivity index (χ0v) is 14.2. The summed E-state index contributed by atoms with van der Waals surface area (Å²) in [4.78, 5) is 4.69. The number of hydrogen-bond acceptors (Lipinski definition) is 3. The monoisotopic (exact) mass is 309 g/mol. The summed E-state index contributed by atoms with van der Waals surface area (Å²) in [6.45, 7) is 5.58. The minimum Gasteiger partial charge on any atom is -0.373 e. The van der Waals surface area contributed by atoms with Gasteiger partial charge in [0, 0.05) is 26.2 Å². The molecule has 0 amide bonds. The minimum absolute atomic E-state index is 0.221. The second-order valence-corrected chi connectivity index (χ2v) is 6.86. The summed E-state index contributed by atoms with van der Waals surface area (Å²) >= 11 is 6.47. The van der Waals surface area contributed by atoms with Crippen molar-refractivity contribution in [1.82, 2.24) is 4.90 Å². The zero-order chi connectivity index (χ0) is 15.4. The summed E-state index contributed by atoms with van der Waals surface area (Å²) < 4.78 is 0. The molecule has 0 radical (unpaired) electrons. The lowest BCUT2D eigenvalue weighted by Gasteiger charge is -2.24. The maximum Gasteiger partial charge on any atom is 0.0642 e. The van der Waals surface area contributed by atoms with Gasteiger partial charge in [0.1, 0.15) is 0 Å². The maximum atomic E-state index is 6.47. The molecule has 1 aliphatic heterocycles. The lowest BCUT2D eigenvalue weighted by molar-refractivity contribution is 0.396. The van der Waals surface area contributed by atoms with Gasteiger partial charge in [-0.3, -0.25) is 0 Å². The largest absolute Gasteiger partial charge is 0.373 e. The van der Waals surface area contributed by atoms with Crippen molar-refractivity contribution >= 4 is 17.3 Å². The Bertz CT molecular complexity index is 463. The van der Waals surface area contributed by atoms with Gasteiger partial charge in [-0.1, -0.05) is 24.6 Å². The highest BCUT2D eigenvalue weighted by atomic mass is 35.5. The van der Waals surface area contributed by atoms with Gasteiger partial charge in [-0.05, 0) is 56.5 Å². The first kappa shape index (κ1) is 16.6. The molecule has 118 valence electrons. The number of benzene rings is 1. The maximum absolute atomic E-state index is 6.47. The Morgan fingerprint density at radius 1 is 1.48 bits per heavy atom. The Morgan fingerprint density at radius 3 is 2.81 bits per heavy atom. The Kier molecular flexibility index (Phi) is 5.91. The van der Waals surface area contributed by atoms with Crippen LogP contribution >= 0.6 is 11.6 Å². The van der Waals surface area contributed by atoms with E-state index in [-0.39, 0.29) is 6.04 Å². The summed E-state index contributed by atoms with van der Waals surface area (Å²) in [5.74, 6) is 0.740. The molecule has 1 heterocycles. The molecule has 0 bridgehead atoms. The molecule has 0 aromatic heterocycles. The SMILES string of the molecule is CCC(N)Cc1ccc(N(C)CC2CCN(C)C2)c(Cl)c1. The number of likely N-dealkylation sites (tertiary alicyclic amines) is 1. The third-order valence-corrected chi connectivity index (χ3v) is 4.77. The van der Waals surface area contributed by atoms with E-state index in [2.05, 4.69) is 49.0 Å². The van der Waals surface area contributed by atoms with Crippen molar-refractivity contribution < 1.29 is 0 Å². The van der Waals surface area contributed by atoms with Crippen molar-refractivity contribution in [3.8, 4) is 0 Å². The number of hydrogen-bond donors (Lipinski definition) is 1. The fourth-order valence-electron chi connectivity index (χ4n) is 3.10. The van der Waals surface area contributed by atoms with Crippen molar-refractivity contribution in [3.63, 3.8) is 0 Å². The second-order valence-electron chi connectivity index (χ2n) is 6.46. The predicted molar refractivity (Wildman–Crippen MR) is 92.3 cm³/mol. The topological polar surface area (TPSA) is 32.5 Å². The molecule has 2 N–H and O–H groups in total. The van der Waals surface area contributed by atoms with E-state index in [1.54, 1.807) is 0 Å². The van der Waals surface area contributed by atoms with Crippen LogP contribution in [0.3, 0.4) is 0 Å². The van der Waals surface area contributed by atoms with E-state index in [0.717, 1.165) is 36.0 Å². The zero-order valence-electron chi connectivity index (χ0n) is 13.5. The van der Waals surface area contributed by atoms with Gasteiger partial charge < -0.3 is 15.5 Å². The predicted octanol–water partition coefficient (Wildman–Crippen LogP) is 3.01. The molecule has 0 aliphatic carbocycles. The molecule has 1 aromatic carbocycles. The summed E-state index contributed by atoms with van der Waals surface area (Å²) in [5.41, 5.74) is 8.37. The highest BCUT2D eigenvalue weighted by Gasteiger charge is 2.21. The molecular weight excluding hydrogens is 282 g/mol. The van der Waals surface area contributed by atoms with Crippen molar-refractivity contribution in [2.24, 2.45) is 11.7 Å². The van der Waals surface area contributed by atoms with E-state index in [4.69, 9.17) is 17.3 Å². The van der Waals surface area contributed by atoms with Crippen LogP contribution in [-0.4, -0.2) is 44.7 Å². The molecule has 21 heavy (non-hydrogen) atoms. The third kappa shape index (κ3) is 4.60. The number of rotatable bonds is 6.